The van der Waals surface area contributed by atoms with Gasteiger partial charge < -0.3 is 5.32 Å². The van der Waals surface area contributed by atoms with E-state index in [2.05, 4.69) is 5.32 Å². The monoisotopic (exact) mass is 289 g/mol. The van der Waals surface area contributed by atoms with Gasteiger partial charge in [-0.3, -0.25) is 4.79 Å². The van der Waals surface area contributed by atoms with Crippen LogP contribution >= 0.6 is 11.8 Å². The SMILES string of the molecule is Cc1ccc(NC(=O)CSc2ccc(F)cc2)c(C)c1. The Balaban J connectivity index is 1.90. The first-order valence-electron chi connectivity index (χ1n) is 6.30. The quantitative estimate of drug-likeness (QED) is 0.856. The molecule has 0 atom stereocenters. The van der Waals surface area contributed by atoms with Crippen molar-refractivity contribution in [3.63, 3.8) is 0 Å². The number of nitrogens with one attached hydrogen (secondary N) is 1. The highest BCUT2D eigenvalue weighted by atomic mass is 32.2. The molecule has 0 saturated carbocycles. The van der Waals surface area contributed by atoms with E-state index in [1.807, 2.05) is 32.0 Å². The van der Waals surface area contributed by atoms with Gasteiger partial charge in [0.05, 0.1) is 5.75 Å². The summed E-state index contributed by atoms with van der Waals surface area (Å²) in [5.74, 6) is -0.0285. The number of carbonyl (C=O) groups excluding carboxylic acids is 1. The molecule has 2 aromatic rings. The van der Waals surface area contributed by atoms with Gasteiger partial charge in [-0.15, -0.1) is 11.8 Å². The molecule has 2 nitrogen and oxygen atoms in total. The van der Waals surface area contributed by atoms with Crippen molar-refractivity contribution in [3.05, 3.63) is 59.4 Å². The van der Waals surface area contributed by atoms with Crippen LogP contribution in [0.5, 0.6) is 0 Å². The molecule has 104 valence electrons. The highest BCUT2D eigenvalue weighted by Crippen LogP contribution is 2.20. The summed E-state index contributed by atoms with van der Waals surface area (Å²) in [4.78, 5) is 12.8. The fourth-order valence-electron chi connectivity index (χ4n) is 1.82. The maximum atomic E-state index is 12.8. The summed E-state index contributed by atoms with van der Waals surface area (Å²) in [6.07, 6.45) is 0. The normalized spacial score (nSPS) is 10.3. The van der Waals surface area contributed by atoms with Gasteiger partial charge in [0.25, 0.3) is 0 Å². The molecule has 0 bridgehead atoms. The lowest BCUT2D eigenvalue weighted by Gasteiger charge is -2.09. The van der Waals surface area contributed by atoms with Gasteiger partial charge in [-0.05, 0) is 49.7 Å². The zero-order chi connectivity index (χ0) is 14.5. The van der Waals surface area contributed by atoms with E-state index in [0.29, 0.717) is 5.75 Å². The van der Waals surface area contributed by atoms with Crippen molar-refractivity contribution in [1.29, 1.82) is 0 Å². The van der Waals surface area contributed by atoms with Crippen LogP contribution in [0, 0.1) is 19.7 Å². The maximum Gasteiger partial charge on any atom is 0.234 e. The molecule has 1 amide bonds. The van der Waals surface area contributed by atoms with Crippen LogP contribution in [0.1, 0.15) is 11.1 Å². The fourth-order valence-corrected chi connectivity index (χ4v) is 2.52. The van der Waals surface area contributed by atoms with Crippen LogP contribution in [0.25, 0.3) is 0 Å². The molecule has 20 heavy (non-hydrogen) atoms. The van der Waals surface area contributed by atoms with Crippen molar-refractivity contribution >= 4 is 23.4 Å². The van der Waals surface area contributed by atoms with E-state index in [9.17, 15) is 9.18 Å². The minimum absolute atomic E-state index is 0.0636. The van der Waals surface area contributed by atoms with Crippen LogP contribution in [-0.2, 0) is 4.79 Å². The van der Waals surface area contributed by atoms with Crippen LogP contribution < -0.4 is 5.32 Å². The average molecular weight is 289 g/mol. The summed E-state index contributed by atoms with van der Waals surface area (Å²) in [5, 5.41) is 2.89. The smallest absolute Gasteiger partial charge is 0.234 e. The molecule has 0 spiro atoms. The van der Waals surface area contributed by atoms with Crippen molar-refractivity contribution in [2.75, 3.05) is 11.1 Å². The van der Waals surface area contributed by atoms with Crippen LogP contribution in [0.3, 0.4) is 0 Å². The molecule has 0 unspecified atom stereocenters. The van der Waals surface area contributed by atoms with Gasteiger partial charge in [-0.2, -0.15) is 0 Å². The summed E-state index contributed by atoms with van der Waals surface area (Å²) in [6, 6.07) is 12.0. The van der Waals surface area contributed by atoms with E-state index < -0.39 is 0 Å². The average Bonchev–Trinajstić information content (AvgIpc) is 2.41. The number of carbonyl (C=O) groups is 1. The predicted octanol–water partition coefficient (Wildman–Crippen LogP) is 4.17. The van der Waals surface area contributed by atoms with Crippen molar-refractivity contribution in [2.45, 2.75) is 18.7 Å². The molecular formula is C16H16FNOS. The van der Waals surface area contributed by atoms with E-state index >= 15 is 0 Å². The second-order valence-corrected chi connectivity index (χ2v) is 5.66. The Kier molecular flexibility index (Phi) is 4.79. The molecule has 0 aliphatic heterocycles. The molecule has 2 aromatic carbocycles. The third kappa shape index (κ3) is 4.10. The van der Waals surface area contributed by atoms with E-state index in [4.69, 9.17) is 0 Å². The topological polar surface area (TPSA) is 29.1 Å². The summed E-state index contributed by atoms with van der Waals surface area (Å²) >= 11 is 1.39. The third-order valence-electron chi connectivity index (χ3n) is 2.84. The van der Waals surface area contributed by atoms with Crippen LogP contribution in [0.4, 0.5) is 10.1 Å². The van der Waals surface area contributed by atoms with Gasteiger partial charge >= 0.3 is 0 Å². The van der Waals surface area contributed by atoms with Crippen LogP contribution in [0.15, 0.2) is 47.4 Å². The van der Waals surface area contributed by atoms with Gasteiger partial charge in [-0.1, -0.05) is 17.7 Å². The molecule has 4 heteroatoms. The Bertz CT molecular complexity index is 610. The second-order valence-electron chi connectivity index (χ2n) is 4.61. The molecule has 0 aliphatic carbocycles. The highest BCUT2D eigenvalue weighted by Gasteiger charge is 2.06. The number of halogens is 1. The van der Waals surface area contributed by atoms with Gasteiger partial charge in [-0.25, -0.2) is 4.39 Å². The van der Waals surface area contributed by atoms with Crippen molar-refractivity contribution in [3.8, 4) is 0 Å². The molecule has 0 aromatic heterocycles. The van der Waals surface area contributed by atoms with E-state index in [-0.39, 0.29) is 11.7 Å². The summed E-state index contributed by atoms with van der Waals surface area (Å²) in [6.45, 7) is 3.98. The first-order valence-corrected chi connectivity index (χ1v) is 7.28. The Morgan fingerprint density at radius 1 is 1.15 bits per heavy atom. The molecule has 2 rings (SSSR count). The number of anilines is 1. The summed E-state index contributed by atoms with van der Waals surface area (Å²) in [5.41, 5.74) is 3.05. The standard InChI is InChI=1S/C16H16FNOS/c1-11-3-8-15(12(2)9-11)18-16(19)10-20-14-6-4-13(17)5-7-14/h3-9H,10H2,1-2H3,(H,18,19). The number of aryl methyl sites for hydroxylation is 2. The maximum absolute atomic E-state index is 12.8. The minimum atomic E-state index is -0.269. The van der Waals surface area contributed by atoms with Crippen molar-refractivity contribution in [1.82, 2.24) is 0 Å². The predicted molar refractivity (Wildman–Crippen MR) is 81.7 cm³/mol. The van der Waals surface area contributed by atoms with Crippen molar-refractivity contribution < 1.29 is 9.18 Å². The second kappa shape index (κ2) is 6.57. The van der Waals surface area contributed by atoms with E-state index in [1.165, 1.54) is 29.5 Å². The first kappa shape index (κ1) is 14.6. The fraction of sp³-hybridized carbons (Fsp3) is 0.188. The zero-order valence-corrected chi connectivity index (χ0v) is 12.3. The summed E-state index contributed by atoms with van der Waals surface area (Å²) in [7, 11) is 0. The molecule has 1 N–H and O–H groups in total. The lowest BCUT2D eigenvalue weighted by Crippen LogP contribution is -2.14. The number of rotatable bonds is 4. The van der Waals surface area contributed by atoms with E-state index in [0.717, 1.165) is 16.1 Å². The van der Waals surface area contributed by atoms with Crippen LogP contribution in [-0.4, -0.2) is 11.7 Å². The Hall–Kier alpha value is -1.81. The van der Waals surface area contributed by atoms with Gasteiger partial charge in [0.1, 0.15) is 5.82 Å². The van der Waals surface area contributed by atoms with Crippen molar-refractivity contribution in [2.24, 2.45) is 0 Å². The van der Waals surface area contributed by atoms with E-state index in [1.54, 1.807) is 12.1 Å². The molecule has 0 heterocycles. The van der Waals surface area contributed by atoms with Gasteiger partial charge in [0.2, 0.25) is 5.91 Å². The zero-order valence-electron chi connectivity index (χ0n) is 11.4. The number of thioether (sulfide) groups is 1. The Morgan fingerprint density at radius 3 is 2.50 bits per heavy atom. The highest BCUT2D eigenvalue weighted by molar-refractivity contribution is 8.00. The number of hydrogen-bond donors (Lipinski definition) is 1. The van der Waals surface area contributed by atoms with Gasteiger partial charge in [0.15, 0.2) is 0 Å². The van der Waals surface area contributed by atoms with Crippen LogP contribution in [0.2, 0.25) is 0 Å². The molecule has 0 fully saturated rings. The minimum Gasteiger partial charge on any atom is -0.325 e. The molecule has 0 saturated heterocycles. The Morgan fingerprint density at radius 2 is 1.85 bits per heavy atom. The third-order valence-corrected chi connectivity index (χ3v) is 3.85. The summed E-state index contributed by atoms with van der Waals surface area (Å²) < 4.78 is 12.8. The lowest BCUT2D eigenvalue weighted by atomic mass is 10.1. The Labute approximate surface area is 122 Å². The molecular weight excluding hydrogens is 273 g/mol. The lowest BCUT2D eigenvalue weighted by molar-refractivity contribution is -0.113. The number of benzene rings is 2. The molecule has 0 aliphatic rings. The first-order chi connectivity index (χ1) is 9.54. The number of hydrogen-bond acceptors (Lipinski definition) is 2. The molecule has 0 radical (unpaired) electrons. The largest absolute Gasteiger partial charge is 0.325 e. The number of amides is 1. The van der Waals surface area contributed by atoms with Gasteiger partial charge in [0, 0.05) is 10.6 Å².